The van der Waals surface area contributed by atoms with E-state index in [4.69, 9.17) is 28.3 Å². The molecule has 9 nitrogen and oxygen atoms in total. The molecule has 0 aliphatic heterocycles. The number of amides is 1. The van der Waals surface area contributed by atoms with E-state index in [-0.39, 0.29) is 22.3 Å². The third-order valence-electron chi connectivity index (χ3n) is 4.88. The first-order valence-corrected chi connectivity index (χ1v) is 10.6. The number of carboxylic acids is 1. The van der Waals surface area contributed by atoms with Crippen LogP contribution in [-0.2, 0) is 11.3 Å². The lowest BCUT2D eigenvalue weighted by molar-refractivity contribution is -0.135. The highest BCUT2D eigenvalue weighted by molar-refractivity contribution is 6.35. The molecule has 1 heterocycles. The van der Waals surface area contributed by atoms with Crippen molar-refractivity contribution in [2.45, 2.75) is 13.5 Å². The van der Waals surface area contributed by atoms with Gasteiger partial charge in [-0.25, -0.2) is 9.36 Å². The number of benzene rings is 2. The molecular formula is C23H19Cl2N3O6. The molecule has 34 heavy (non-hydrogen) atoms. The summed E-state index contributed by atoms with van der Waals surface area (Å²) in [6.07, 6.45) is 0. The molecule has 1 amide bonds. The van der Waals surface area contributed by atoms with Crippen molar-refractivity contribution in [1.29, 1.82) is 0 Å². The summed E-state index contributed by atoms with van der Waals surface area (Å²) in [5.41, 5.74) is -0.757. The second-order valence-corrected chi connectivity index (χ2v) is 8.20. The van der Waals surface area contributed by atoms with Crippen molar-refractivity contribution in [2.24, 2.45) is 0 Å². The molecule has 176 valence electrons. The largest absolute Gasteiger partial charge is 0.494 e. The number of halogens is 2. The lowest BCUT2D eigenvalue weighted by Crippen LogP contribution is -2.44. The summed E-state index contributed by atoms with van der Waals surface area (Å²) in [4.78, 5) is 49.9. The third kappa shape index (κ3) is 5.05. The molecular weight excluding hydrogens is 485 g/mol. The van der Waals surface area contributed by atoms with Crippen molar-refractivity contribution in [2.75, 3.05) is 6.54 Å². The molecule has 0 radical (unpaired) electrons. The summed E-state index contributed by atoms with van der Waals surface area (Å²) < 4.78 is 1.44. The molecule has 3 N–H and O–H groups in total. The number of hydrogen-bond acceptors (Lipinski definition) is 5. The van der Waals surface area contributed by atoms with Gasteiger partial charge in [-0.05, 0) is 36.2 Å². The average Bonchev–Trinajstić information content (AvgIpc) is 2.77. The maximum Gasteiger partial charge on any atom is 0.338 e. The van der Waals surface area contributed by atoms with Crippen LogP contribution in [0.2, 0.25) is 10.0 Å². The number of nitrogens with one attached hydrogen (secondary N) is 1. The quantitative estimate of drug-likeness (QED) is 0.454. The zero-order valence-electron chi connectivity index (χ0n) is 17.8. The first kappa shape index (κ1) is 24.8. The summed E-state index contributed by atoms with van der Waals surface area (Å²) in [7, 11) is 0. The number of aliphatic carboxylic acids is 1. The van der Waals surface area contributed by atoms with Gasteiger partial charge >= 0.3 is 11.7 Å². The summed E-state index contributed by atoms with van der Waals surface area (Å²) in [6.45, 7) is 4.68. The Morgan fingerprint density at radius 1 is 1.09 bits per heavy atom. The third-order valence-corrected chi connectivity index (χ3v) is 5.42. The summed E-state index contributed by atoms with van der Waals surface area (Å²) in [5.74, 6) is -3.45. The van der Waals surface area contributed by atoms with Crippen LogP contribution in [0, 0.1) is 0 Å². The Kier molecular flexibility index (Phi) is 7.29. The molecule has 0 aliphatic rings. The van der Waals surface area contributed by atoms with E-state index in [0.29, 0.717) is 10.1 Å². The van der Waals surface area contributed by atoms with E-state index in [1.165, 1.54) is 18.2 Å². The fraction of sp³-hybridized carbons (Fsp3) is 0.130. The maximum absolute atomic E-state index is 13.3. The van der Waals surface area contributed by atoms with E-state index in [0.717, 1.165) is 15.7 Å². The Hall–Kier alpha value is -3.82. The number of carboxylic acid groups (broad SMARTS) is 1. The lowest BCUT2D eigenvalue weighted by atomic mass is 10.1. The Morgan fingerprint density at radius 2 is 1.74 bits per heavy atom. The molecule has 0 atom stereocenters. The lowest BCUT2D eigenvalue weighted by Gasteiger charge is -2.16. The van der Waals surface area contributed by atoms with Gasteiger partial charge in [-0.15, -0.1) is 0 Å². The topological polar surface area (TPSA) is 131 Å². The minimum atomic E-state index is -1.36. The number of carbonyl (C=O) groups is 2. The molecule has 0 fully saturated rings. The monoisotopic (exact) mass is 503 g/mol. The minimum absolute atomic E-state index is 0.0494. The van der Waals surface area contributed by atoms with Gasteiger partial charge in [-0.3, -0.25) is 19.0 Å². The molecule has 0 aliphatic carbocycles. The van der Waals surface area contributed by atoms with E-state index in [2.05, 4.69) is 6.58 Å². The van der Waals surface area contributed by atoms with Crippen molar-refractivity contribution in [3.05, 3.63) is 96.6 Å². The molecule has 2 aromatic carbocycles. The van der Waals surface area contributed by atoms with E-state index in [1.54, 1.807) is 24.3 Å². The standard InChI is InChI=1S/C23H19Cl2N3O6/c1-12(2)14-5-3-13(4-6-14)11-27-21(32)19(20(31)26-10-18(29)30)22(33)28(23(27)34)17-8-7-15(24)9-16(17)25/h3-9,32H,1,10-11H2,2H3,(H,26,31)(H,29,30). The predicted molar refractivity (Wildman–Crippen MR) is 128 cm³/mol. The highest BCUT2D eigenvalue weighted by Crippen LogP contribution is 2.24. The van der Waals surface area contributed by atoms with Gasteiger partial charge in [0.2, 0.25) is 5.88 Å². The molecule has 11 heteroatoms. The fourth-order valence-corrected chi connectivity index (χ4v) is 3.67. The smallest absolute Gasteiger partial charge is 0.338 e. The molecule has 0 spiro atoms. The number of hydrogen-bond donors (Lipinski definition) is 3. The van der Waals surface area contributed by atoms with Gasteiger partial charge in [0.1, 0.15) is 6.54 Å². The number of rotatable bonds is 7. The van der Waals surface area contributed by atoms with Gasteiger partial charge in [0, 0.05) is 5.02 Å². The molecule has 3 rings (SSSR count). The van der Waals surface area contributed by atoms with Crippen LogP contribution in [0.3, 0.4) is 0 Å². The van der Waals surface area contributed by atoms with Gasteiger partial charge in [-0.2, -0.15) is 0 Å². The Labute approximate surface area is 203 Å². The zero-order chi connectivity index (χ0) is 25.2. The summed E-state index contributed by atoms with van der Waals surface area (Å²) in [5, 5.41) is 21.8. The fourth-order valence-electron chi connectivity index (χ4n) is 3.18. The number of aromatic nitrogens is 2. The van der Waals surface area contributed by atoms with Crippen LogP contribution >= 0.6 is 23.2 Å². The van der Waals surface area contributed by atoms with E-state index >= 15 is 0 Å². The molecule has 0 saturated carbocycles. The van der Waals surface area contributed by atoms with Gasteiger partial charge < -0.3 is 15.5 Å². The number of aromatic hydroxyl groups is 1. The number of allylic oxidation sites excluding steroid dienone is 1. The highest BCUT2D eigenvalue weighted by atomic mass is 35.5. The van der Waals surface area contributed by atoms with Crippen molar-refractivity contribution in [3.63, 3.8) is 0 Å². The van der Waals surface area contributed by atoms with Gasteiger partial charge in [0.25, 0.3) is 11.5 Å². The van der Waals surface area contributed by atoms with E-state index < -0.39 is 41.1 Å². The second-order valence-electron chi connectivity index (χ2n) is 7.36. The molecule has 1 aromatic heterocycles. The van der Waals surface area contributed by atoms with Gasteiger partial charge in [-0.1, -0.05) is 59.6 Å². The molecule has 3 aromatic rings. The molecule has 0 bridgehead atoms. The van der Waals surface area contributed by atoms with Gasteiger partial charge in [0.15, 0.2) is 5.56 Å². The normalized spacial score (nSPS) is 10.7. The van der Waals surface area contributed by atoms with Crippen LogP contribution in [0.15, 0.2) is 58.6 Å². The van der Waals surface area contributed by atoms with Crippen LogP contribution in [0.5, 0.6) is 5.88 Å². The van der Waals surface area contributed by atoms with Crippen LogP contribution < -0.4 is 16.6 Å². The van der Waals surface area contributed by atoms with E-state index in [9.17, 15) is 24.3 Å². The minimum Gasteiger partial charge on any atom is -0.494 e. The summed E-state index contributed by atoms with van der Waals surface area (Å²) in [6, 6.07) is 11.0. The van der Waals surface area contributed by atoms with Crippen LogP contribution in [-0.4, -0.2) is 37.8 Å². The van der Waals surface area contributed by atoms with Crippen molar-refractivity contribution in [3.8, 4) is 11.6 Å². The highest BCUT2D eigenvalue weighted by Gasteiger charge is 2.26. The maximum atomic E-state index is 13.3. The van der Waals surface area contributed by atoms with Crippen LogP contribution in [0.25, 0.3) is 11.3 Å². The zero-order valence-corrected chi connectivity index (χ0v) is 19.4. The SMILES string of the molecule is C=C(C)c1ccc(Cn2c(O)c(C(=O)NCC(=O)O)c(=O)n(-c3ccc(Cl)cc3Cl)c2=O)cc1. The molecule has 0 saturated heterocycles. The van der Waals surface area contributed by atoms with Crippen molar-refractivity contribution in [1.82, 2.24) is 14.5 Å². The number of carbonyl (C=O) groups excluding carboxylic acids is 1. The Bertz CT molecular complexity index is 1420. The molecule has 0 unspecified atom stereocenters. The van der Waals surface area contributed by atoms with E-state index in [1.807, 2.05) is 12.2 Å². The Morgan fingerprint density at radius 3 is 2.29 bits per heavy atom. The first-order chi connectivity index (χ1) is 16.0. The Balaban J connectivity index is 2.25. The first-order valence-electron chi connectivity index (χ1n) is 9.80. The predicted octanol–water partition coefficient (Wildman–Crippen LogP) is 2.91. The summed E-state index contributed by atoms with van der Waals surface area (Å²) >= 11 is 12.1. The van der Waals surface area contributed by atoms with Crippen LogP contribution in [0.4, 0.5) is 0 Å². The van der Waals surface area contributed by atoms with Gasteiger partial charge in [0.05, 0.1) is 17.3 Å². The number of nitrogens with zero attached hydrogens (tertiary/aromatic N) is 2. The second kappa shape index (κ2) is 9.98. The van der Waals surface area contributed by atoms with Crippen molar-refractivity contribution >= 4 is 40.7 Å². The van der Waals surface area contributed by atoms with Crippen molar-refractivity contribution < 1.29 is 19.8 Å². The van der Waals surface area contributed by atoms with Crippen LogP contribution in [0.1, 0.15) is 28.4 Å². The average molecular weight is 504 g/mol.